The van der Waals surface area contributed by atoms with Crippen molar-refractivity contribution in [2.75, 3.05) is 17.7 Å². The zero-order valence-electron chi connectivity index (χ0n) is 14.1. The summed E-state index contributed by atoms with van der Waals surface area (Å²) in [6.07, 6.45) is 1.32. The molecule has 1 aliphatic rings. The number of aromatic hydroxyl groups is 2. The fraction of sp³-hybridized carbons (Fsp3) is 0.357. The number of hydrogen-bond acceptors (Lipinski definition) is 9. The highest BCUT2D eigenvalue weighted by atomic mass is 32.2. The third-order valence-corrected chi connectivity index (χ3v) is 4.64. The third-order valence-electron chi connectivity index (χ3n) is 3.83. The van der Waals surface area contributed by atoms with Gasteiger partial charge in [0.05, 0.1) is 17.8 Å². The first-order valence-corrected chi connectivity index (χ1v) is 8.96. The number of imidazole rings is 2. The highest BCUT2D eigenvalue weighted by molar-refractivity contribution is 7.99. The van der Waals surface area contributed by atoms with Crippen molar-refractivity contribution in [1.82, 2.24) is 24.3 Å². The van der Waals surface area contributed by atoms with Gasteiger partial charge in [-0.25, -0.2) is 9.19 Å². The highest BCUT2D eigenvalue weighted by Crippen LogP contribution is 2.34. The molecular weight excluding hydrogens is 360 g/mol. The van der Waals surface area contributed by atoms with Crippen LogP contribution >= 0.6 is 11.8 Å². The van der Waals surface area contributed by atoms with E-state index < -0.39 is 5.66 Å². The minimum Gasteiger partial charge on any atom is -0.492 e. The Bertz CT molecular complexity index is 1010. The summed E-state index contributed by atoms with van der Waals surface area (Å²) >= 11 is 1.61. The summed E-state index contributed by atoms with van der Waals surface area (Å²) in [5.41, 5.74) is 5.54. The molecule has 0 amide bonds. The van der Waals surface area contributed by atoms with E-state index in [2.05, 4.69) is 25.5 Å². The summed E-state index contributed by atoms with van der Waals surface area (Å²) in [5, 5.41) is 31.2. The van der Waals surface area contributed by atoms with Crippen LogP contribution in [0.2, 0.25) is 0 Å². The van der Waals surface area contributed by atoms with Crippen molar-refractivity contribution in [2.24, 2.45) is 10.8 Å². The second kappa shape index (κ2) is 5.85. The second-order valence-electron chi connectivity index (χ2n) is 5.57. The van der Waals surface area contributed by atoms with Gasteiger partial charge in [-0.2, -0.15) is 9.97 Å². The van der Waals surface area contributed by atoms with Crippen molar-refractivity contribution >= 4 is 29.1 Å². The number of ether oxygens (including phenoxy) is 1. The molecule has 1 aliphatic heterocycles. The first-order valence-electron chi connectivity index (χ1n) is 7.97. The van der Waals surface area contributed by atoms with Crippen molar-refractivity contribution in [3.63, 3.8) is 0 Å². The molecule has 11 nitrogen and oxygen atoms in total. The number of rotatable bonds is 5. The van der Waals surface area contributed by atoms with Gasteiger partial charge in [-0.15, -0.1) is 16.9 Å². The lowest BCUT2D eigenvalue weighted by atomic mass is 10.1. The number of fused-ring (bicyclic) bond motifs is 2. The molecule has 1 unspecified atom stereocenters. The summed E-state index contributed by atoms with van der Waals surface area (Å²) in [5.74, 6) is 1.04. The normalized spacial score (nSPS) is 19.0. The van der Waals surface area contributed by atoms with E-state index in [1.165, 1.54) is 10.9 Å². The zero-order valence-corrected chi connectivity index (χ0v) is 14.9. The summed E-state index contributed by atoms with van der Waals surface area (Å²) < 4.78 is 8.45. The van der Waals surface area contributed by atoms with Crippen LogP contribution < -0.4 is 11.1 Å². The number of aromatic nitrogens is 5. The minimum atomic E-state index is -1.49. The molecule has 6 N–H and O–H groups in total. The number of thioether (sulfide) groups is 1. The van der Waals surface area contributed by atoms with Crippen LogP contribution in [0.5, 0.6) is 11.8 Å². The summed E-state index contributed by atoms with van der Waals surface area (Å²) in [6, 6.07) is 1.82. The Morgan fingerprint density at radius 3 is 2.92 bits per heavy atom. The average molecular weight is 378 g/mol. The molecule has 0 saturated carbocycles. The molecule has 4 heterocycles. The molecule has 0 fully saturated rings. The van der Waals surface area contributed by atoms with Gasteiger partial charge in [0.15, 0.2) is 17.3 Å². The first-order chi connectivity index (χ1) is 12.5. The predicted molar refractivity (Wildman–Crippen MR) is 95.4 cm³/mol. The SMILES string of the molecule is CCOC1=Nn2cc(O)nc2C1(N)Nc1c(O)nc2cc(SCC)[nH]n12. The maximum Gasteiger partial charge on any atom is 0.257 e. The van der Waals surface area contributed by atoms with Crippen LogP contribution in [0.1, 0.15) is 19.7 Å². The first kappa shape index (κ1) is 16.6. The van der Waals surface area contributed by atoms with Gasteiger partial charge in [-0.3, -0.25) is 10.8 Å². The van der Waals surface area contributed by atoms with Crippen LogP contribution in [-0.2, 0) is 10.4 Å². The Hall–Kier alpha value is -2.86. The van der Waals surface area contributed by atoms with Crippen LogP contribution in [0.25, 0.3) is 5.65 Å². The van der Waals surface area contributed by atoms with E-state index in [0.717, 1.165) is 10.8 Å². The number of anilines is 1. The fourth-order valence-electron chi connectivity index (χ4n) is 2.79. The Morgan fingerprint density at radius 2 is 2.19 bits per heavy atom. The van der Waals surface area contributed by atoms with E-state index in [-0.39, 0.29) is 29.3 Å². The van der Waals surface area contributed by atoms with E-state index >= 15 is 0 Å². The predicted octanol–water partition coefficient (Wildman–Crippen LogP) is 0.817. The number of nitrogens with one attached hydrogen (secondary N) is 2. The van der Waals surface area contributed by atoms with Crippen LogP contribution in [0.4, 0.5) is 5.82 Å². The van der Waals surface area contributed by atoms with Gasteiger partial charge in [0, 0.05) is 6.07 Å². The number of nitrogens with two attached hydrogens (primary N) is 1. The number of aromatic amines is 1. The van der Waals surface area contributed by atoms with Gasteiger partial charge in [0.1, 0.15) is 0 Å². The summed E-state index contributed by atoms with van der Waals surface area (Å²) in [6.45, 7) is 4.18. The molecule has 4 rings (SSSR count). The van der Waals surface area contributed by atoms with Crippen LogP contribution in [0.3, 0.4) is 0 Å². The Balaban J connectivity index is 1.78. The van der Waals surface area contributed by atoms with Gasteiger partial charge in [0.25, 0.3) is 11.8 Å². The van der Waals surface area contributed by atoms with E-state index in [9.17, 15) is 10.2 Å². The number of hydrogen-bond donors (Lipinski definition) is 5. The molecule has 0 spiro atoms. The maximum absolute atomic E-state index is 10.3. The van der Waals surface area contributed by atoms with Crippen molar-refractivity contribution in [3.8, 4) is 11.8 Å². The third kappa shape index (κ3) is 2.37. The number of nitrogens with zero attached hydrogens (tertiary/aromatic N) is 5. The van der Waals surface area contributed by atoms with Crippen molar-refractivity contribution in [1.29, 1.82) is 0 Å². The molecule has 12 heteroatoms. The van der Waals surface area contributed by atoms with E-state index in [0.29, 0.717) is 12.3 Å². The summed E-state index contributed by atoms with van der Waals surface area (Å²) in [7, 11) is 0. The smallest absolute Gasteiger partial charge is 0.257 e. The Morgan fingerprint density at radius 1 is 1.38 bits per heavy atom. The number of H-pyrrole nitrogens is 1. The van der Waals surface area contributed by atoms with Crippen LogP contribution in [0, 0.1) is 0 Å². The van der Waals surface area contributed by atoms with Crippen LogP contribution in [-0.4, -0.2) is 52.7 Å². The Kier molecular flexibility index (Phi) is 3.73. The van der Waals surface area contributed by atoms with Crippen molar-refractivity contribution in [3.05, 3.63) is 18.1 Å². The fourth-order valence-corrected chi connectivity index (χ4v) is 3.44. The van der Waals surface area contributed by atoms with Crippen molar-refractivity contribution in [2.45, 2.75) is 24.5 Å². The summed E-state index contributed by atoms with van der Waals surface area (Å²) in [4.78, 5) is 8.13. The lowest BCUT2D eigenvalue weighted by Crippen LogP contribution is -2.51. The molecule has 0 radical (unpaired) electrons. The maximum atomic E-state index is 10.3. The molecule has 3 aromatic rings. The molecular formula is C14H18N8O3S. The molecule has 0 bridgehead atoms. The van der Waals surface area contributed by atoms with E-state index in [1.807, 2.05) is 13.0 Å². The Labute approximate surface area is 151 Å². The van der Waals surface area contributed by atoms with E-state index in [1.54, 1.807) is 23.2 Å². The van der Waals surface area contributed by atoms with Crippen LogP contribution in [0.15, 0.2) is 22.4 Å². The van der Waals surface area contributed by atoms with Gasteiger partial charge in [-0.1, -0.05) is 6.92 Å². The average Bonchev–Trinajstić information content (AvgIpc) is 3.27. The zero-order chi connectivity index (χ0) is 18.5. The standard InChI is InChI=1S/C14H18N8O3S/c1-3-25-13-14(15,12-17-8(23)6-21(12)20-13)18-10-11(24)16-7-5-9(26-4-2)19-22(7)10/h5-6,18-19,23-24H,3-4,15H2,1-2H3. The van der Waals surface area contributed by atoms with Gasteiger partial charge < -0.3 is 20.3 Å². The molecule has 0 aromatic carbocycles. The molecule has 138 valence electrons. The largest absolute Gasteiger partial charge is 0.492 e. The van der Waals surface area contributed by atoms with Gasteiger partial charge in [-0.05, 0) is 12.7 Å². The molecule has 3 aromatic heterocycles. The molecule has 0 aliphatic carbocycles. The second-order valence-corrected chi connectivity index (χ2v) is 6.88. The van der Waals surface area contributed by atoms with Gasteiger partial charge >= 0.3 is 0 Å². The molecule has 26 heavy (non-hydrogen) atoms. The molecule has 0 saturated heterocycles. The van der Waals surface area contributed by atoms with Gasteiger partial charge in [0.2, 0.25) is 11.5 Å². The monoisotopic (exact) mass is 378 g/mol. The van der Waals surface area contributed by atoms with Crippen molar-refractivity contribution < 1.29 is 14.9 Å². The highest BCUT2D eigenvalue weighted by Gasteiger charge is 2.46. The lowest BCUT2D eigenvalue weighted by molar-refractivity contribution is 0.297. The van der Waals surface area contributed by atoms with E-state index in [4.69, 9.17) is 10.5 Å². The minimum absolute atomic E-state index is 0.159. The lowest BCUT2D eigenvalue weighted by Gasteiger charge is -2.25. The quantitative estimate of drug-likeness (QED) is 0.323. The molecule has 1 atom stereocenters. The topological polar surface area (TPSA) is 151 Å².